The lowest BCUT2D eigenvalue weighted by Gasteiger charge is -1.98. The Morgan fingerprint density at radius 1 is 1.19 bits per heavy atom. The van der Waals surface area contributed by atoms with E-state index < -0.39 is 16.7 Å². The van der Waals surface area contributed by atoms with Crippen LogP contribution in [0.25, 0.3) is 10.9 Å². The molecule has 0 bridgehead atoms. The van der Waals surface area contributed by atoms with Crippen LogP contribution in [-0.4, -0.2) is 9.55 Å². The molecule has 82 valence electrons. The van der Waals surface area contributed by atoms with Crippen molar-refractivity contribution in [1.29, 1.82) is 0 Å². The molecule has 0 aliphatic heterocycles. The average molecular weight is 283 g/mol. The summed E-state index contributed by atoms with van der Waals surface area (Å²) in [4.78, 5) is 36.5. The Kier molecular flexibility index (Phi) is 2.51. The monoisotopic (exact) mass is 282 g/mol. The lowest BCUT2D eigenvalue weighted by atomic mass is 10.2. The van der Waals surface area contributed by atoms with E-state index in [4.69, 9.17) is 0 Å². The topological polar surface area (TPSA) is 71.9 Å². The number of nitrogens with zero attached hydrogens (tertiary/aromatic N) is 1. The number of fused-ring (bicyclic) bond motifs is 1. The van der Waals surface area contributed by atoms with Gasteiger partial charge in [0.2, 0.25) is 0 Å². The van der Waals surface area contributed by atoms with E-state index in [9.17, 15) is 14.4 Å². The molecule has 2 aromatic rings. The highest BCUT2D eigenvalue weighted by molar-refractivity contribution is 9.10. The molecule has 0 radical (unpaired) electrons. The molecule has 0 saturated heterocycles. The molecule has 0 amide bonds. The summed E-state index contributed by atoms with van der Waals surface area (Å²) >= 11 is 3.21. The maximum atomic E-state index is 11.7. The predicted octanol–water partition coefficient (Wildman–Crippen LogP) is 0.349. The molecule has 1 aromatic heterocycles. The number of halogens is 1. The third kappa shape index (κ3) is 1.51. The third-order valence-electron chi connectivity index (χ3n) is 2.31. The van der Waals surface area contributed by atoms with Crippen LogP contribution < -0.4 is 16.7 Å². The fourth-order valence-corrected chi connectivity index (χ4v) is 2.03. The molecule has 1 heterocycles. The number of hydrogen-bond acceptors (Lipinski definition) is 3. The van der Waals surface area contributed by atoms with Crippen LogP contribution >= 0.6 is 15.9 Å². The molecule has 0 aliphatic carbocycles. The summed E-state index contributed by atoms with van der Waals surface area (Å²) in [5.74, 6) is 0. The van der Waals surface area contributed by atoms with Gasteiger partial charge in [-0.15, -0.1) is 0 Å². The molecule has 0 fully saturated rings. The number of H-pyrrole nitrogens is 1. The van der Waals surface area contributed by atoms with Crippen LogP contribution in [0.1, 0.15) is 0 Å². The molecule has 6 heteroatoms. The Balaban J connectivity index is 3.34. The van der Waals surface area contributed by atoms with Crippen LogP contribution in [0.15, 0.2) is 37.1 Å². The van der Waals surface area contributed by atoms with E-state index in [2.05, 4.69) is 15.9 Å². The quantitative estimate of drug-likeness (QED) is 0.709. The lowest BCUT2D eigenvalue weighted by Crippen LogP contribution is -2.33. The molecule has 0 atom stereocenters. The summed E-state index contributed by atoms with van der Waals surface area (Å²) in [5, 5.41) is 0.282. The van der Waals surface area contributed by atoms with Crippen molar-refractivity contribution in [2.24, 2.45) is 7.05 Å². The molecule has 5 nitrogen and oxygen atoms in total. The summed E-state index contributed by atoms with van der Waals surface area (Å²) in [5.41, 5.74) is -1.85. The van der Waals surface area contributed by atoms with Crippen molar-refractivity contribution in [1.82, 2.24) is 9.55 Å². The van der Waals surface area contributed by atoms with Crippen molar-refractivity contribution < 1.29 is 0 Å². The first kappa shape index (κ1) is 10.8. The van der Waals surface area contributed by atoms with Gasteiger partial charge in [-0.05, 0) is 28.1 Å². The fraction of sp³-hybridized carbons (Fsp3) is 0.100. The SMILES string of the molecule is Cn1c(=O)c(=O)[nH]c(=O)c2c(Br)cccc21. The Labute approximate surface area is 97.5 Å². The van der Waals surface area contributed by atoms with E-state index in [1.165, 1.54) is 7.05 Å². The Bertz CT molecular complexity index is 746. The van der Waals surface area contributed by atoms with Crippen molar-refractivity contribution >= 4 is 26.8 Å². The van der Waals surface area contributed by atoms with Crippen LogP contribution in [0.4, 0.5) is 0 Å². The van der Waals surface area contributed by atoms with Crippen LogP contribution in [0.2, 0.25) is 0 Å². The van der Waals surface area contributed by atoms with Gasteiger partial charge in [0, 0.05) is 11.5 Å². The molecule has 1 aromatic carbocycles. The van der Waals surface area contributed by atoms with Gasteiger partial charge in [0.05, 0.1) is 10.9 Å². The largest absolute Gasteiger partial charge is 0.316 e. The minimum Gasteiger partial charge on any atom is -0.306 e. The van der Waals surface area contributed by atoms with Gasteiger partial charge in [-0.3, -0.25) is 19.4 Å². The number of rotatable bonds is 0. The Morgan fingerprint density at radius 2 is 1.88 bits per heavy atom. The minimum atomic E-state index is -0.921. The van der Waals surface area contributed by atoms with E-state index in [0.29, 0.717) is 9.99 Å². The highest BCUT2D eigenvalue weighted by Gasteiger charge is 2.07. The van der Waals surface area contributed by atoms with Gasteiger partial charge in [0.1, 0.15) is 0 Å². The van der Waals surface area contributed by atoms with E-state index in [1.54, 1.807) is 18.2 Å². The Morgan fingerprint density at radius 3 is 2.56 bits per heavy atom. The standard InChI is InChI=1S/C10H7BrN2O3/c1-13-6-4-2-3-5(11)7(6)8(14)12-9(15)10(13)16/h2-4H,1H3,(H,12,14,15). The minimum absolute atomic E-state index is 0.282. The lowest BCUT2D eigenvalue weighted by molar-refractivity contribution is 0.891. The fourth-order valence-electron chi connectivity index (χ4n) is 1.50. The van der Waals surface area contributed by atoms with E-state index in [0.717, 1.165) is 4.57 Å². The van der Waals surface area contributed by atoms with Gasteiger partial charge < -0.3 is 4.57 Å². The van der Waals surface area contributed by atoms with E-state index in [1.807, 2.05) is 4.98 Å². The van der Waals surface area contributed by atoms with Crippen molar-refractivity contribution in [3.8, 4) is 0 Å². The summed E-state index contributed by atoms with van der Waals surface area (Å²) < 4.78 is 1.69. The maximum Gasteiger partial charge on any atom is 0.316 e. The zero-order valence-corrected chi connectivity index (χ0v) is 9.87. The summed E-state index contributed by atoms with van der Waals surface area (Å²) in [6, 6.07) is 4.97. The molecule has 0 unspecified atom stereocenters. The molecule has 0 aliphatic rings. The van der Waals surface area contributed by atoms with E-state index >= 15 is 0 Å². The van der Waals surface area contributed by atoms with Gasteiger partial charge >= 0.3 is 11.1 Å². The van der Waals surface area contributed by atoms with E-state index in [-0.39, 0.29) is 5.39 Å². The maximum absolute atomic E-state index is 11.7. The second-order valence-corrected chi connectivity index (χ2v) is 4.14. The smallest absolute Gasteiger partial charge is 0.306 e. The van der Waals surface area contributed by atoms with Gasteiger partial charge in [0.15, 0.2) is 0 Å². The first-order valence-electron chi connectivity index (χ1n) is 4.44. The first-order chi connectivity index (χ1) is 7.52. The van der Waals surface area contributed by atoms with Crippen LogP contribution in [0.3, 0.4) is 0 Å². The number of aromatic nitrogens is 2. The third-order valence-corrected chi connectivity index (χ3v) is 2.97. The summed E-state index contributed by atoms with van der Waals surface area (Å²) in [6.45, 7) is 0. The summed E-state index contributed by atoms with van der Waals surface area (Å²) in [6.07, 6.45) is 0. The number of benzene rings is 1. The average Bonchev–Trinajstić information content (AvgIpc) is 2.32. The number of aromatic amines is 1. The normalized spacial score (nSPS) is 10.6. The van der Waals surface area contributed by atoms with Crippen molar-refractivity contribution in [3.05, 3.63) is 53.7 Å². The van der Waals surface area contributed by atoms with Gasteiger partial charge in [0.25, 0.3) is 5.56 Å². The molecule has 0 saturated carbocycles. The number of hydrogen-bond donors (Lipinski definition) is 1. The first-order valence-corrected chi connectivity index (χ1v) is 5.23. The zero-order chi connectivity index (χ0) is 11.9. The highest BCUT2D eigenvalue weighted by atomic mass is 79.9. The molecular formula is C10H7BrN2O3. The molecule has 16 heavy (non-hydrogen) atoms. The zero-order valence-electron chi connectivity index (χ0n) is 8.28. The number of aryl methyl sites for hydroxylation is 1. The Hall–Kier alpha value is -1.69. The summed E-state index contributed by atoms with van der Waals surface area (Å²) in [7, 11) is 1.45. The second-order valence-electron chi connectivity index (χ2n) is 3.28. The molecule has 2 rings (SSSR count). The number of nitrogens with one attached hydrogen (secondary N) is 1. The van der Waals surface area contributed by atoms with Crippen molar-refractivity contribution in [3.63, 3.8) is 0 Å². The highest BCUT2D eigenvalue weighted by Crippen LogP contribution is 2.17. The molecular weight excluding hydrogens is 276 g/mol. The van der Waals surface area contributed by atoms with Gasteiger partial charge in [-0.25, -0.2) is 0 Å². The predicted molar refractivity (Wildman–Crippen MR) is 63.8 cm³/mol. The van der Waals surface area contributed by atoms with Crippen LogP contribution in [-0.2, 0) is 7.05 Å². The van der Waals surface area contributed by atoms with Crippen LogP contribution in [0, 0.1) is 0 Å². The van der Waals surface area contributed by atoms with Crippen molar-refractivity contribution in [2.75, 3.05) is 0 Å². The second kappa shape index (κ2) is 3.71. The van der Waals surface area contributed by atoms with Crippen molar-refractivity contribution in [2.45, 2.75) is 0 Å². The molecule has 1 N–H and O–H groups in total. The van der Waals surface area contributed by atoms with Gasteiger partial charge in [-0.1, -0.05) is 6.07 Å². The van der Waals surface area contributed by atoms with Gasteiger partial charge in [-0.2, -0.15) is 0 Å². The molecule has 0 spiro atoms. The van der Waals surface area contributed by atoms with Crippen LogP contribution in [0.5, 0.6) is 0 Å².